The Morgan fingerprint density at radius 1 is 1.31 bits per heavy atom. The summed E-state index contributed by atoms with van der Waals surface area (Å²) >= 11 is 0. The van der Waals surface area contributed by atoms with Gasteiger partial charge in [0, 0.05) is 13.1 Å². The van der Waals surface area contributed by atoms with Gasteiger partial charge < -0.3 is 4.90 Å². The number of carbonyl (C=O) groups is 1. The molecule has 1 aliphatic carbocycles. The maximum Gasteiger partial charge on any atom is 0.233 e. The summed E-state index contributed by atoms with van der Waals surface area (Å²) in [6.45, 7) is 5.57. The number of nitrogens with zero attached hydrogens (tertiary/aromatic N) is 1. The molecule has 1 aliphatic heterocycles. The van der Waals surface area contributed by atoms with E-state index in [4.69, 9.17) is 0 Å². The zero-order valence-corrected chi connectivity index (χ0v) is 9.28. The average molecular weight is 213 g/mol. The van der Waals surface area contributed by atoms with E-state index in [1.165, 1.54) is 5.56 Å². The van der Waals surface area contributed by atoms with Crippen LogP contribution in [-0.2, 0) is 11.3 Å². The second kappa shape index (κ2) is 3.21. The fraction of sp³-hybridized carbons (Fsp3) is 0.357. The Labute approximate surface area is 95.6 Å². The molecule has 1 aromatic carbocycles. The van der Waals surface area contributed by atoms with Crippen LogP contribution in [0.25, 0.3) is 0 Å². The molecule has 0 bridgehead atoms. The van der Waals surface area contributed by atoms with Crippen LogP contribution in [0.2, 0.25) is 0 Å². The van der Waals surface area contributed by atoms with Gasteiger partial charge in [0.2, 0.25) is 5.91 Å². The minimum Gasteiger partial charge on any atom is -0.338 e. The van der Waals surface area contributed by atoms with Crippen LogP contribution < -0.4 is 0 Å². The quantitative estimate of drug-likeness (QED) is 0.691. The maximum absolute atomic E-state index is 12.2. The van der Waals surface area contributed by atoms with Gasteiger partial charge in [-0.25, -0.2) is 0 Å². The number of amides is 1. The fourth-order valence-electron chi connectivity index (χ4n) is 2.60. The molecule has 2 heteroatoms. The van der Waals surface area contributed by atoms with Crippen molar-refractivity contribution in [2.24, 2.45) is 5.41 Å². The first-order valence-electron chi connectivity index (χ1n) is 5.74. The number of benzene rings is 1. The van der Waals surface area contributed by atoms with Crippen molar-refractivity contribution in [2.45, 2.75) is 19.4 Å². The summed E-state index contributed by atoms with van der Waals surface area (Å²) in [4.78, 5) is 14.1. The number of likely N-dealkylation sites (tertiary alicyclic amines) is 1. The summed E-state index contributed by atoms with van der Waals surface area (Å²) in [7, 11) is 0. The van der Waals surface area contributed by atoms with Gasteiger partial charge in [0.15, 0.2) is 0 Å². The monoisotopic (exact) mass is 213 g/mol. The minimum absolute atomic E-state index is 0.144. The first kappa shape index (κ1) is 9.64. The molecule has 1 amide bonds. The highest BCUT2D eigenvalue weighted by atomic mass is 16.2. The summed E-state index contributed by atoms with van der Waals surface area (Å²) in [6.07, 6.45) is 1.88. The largest absolute Gasteiger partial charge is 0.338 e. The molecule has 1 saturated carbocycles. The molecule has 2 aliphatic rings. The highest BCUT2D eigenvalue weighted by Gasteiger charge is 2.58. The van der Waals surface area contributed by atoms with Gasteiger partial charge in [-0.2, -0.15) is 0 Å². The molecule has 1 saturated heterocycles. The van der Waals surface area contributed by atoms with Crippen molar-refractivity contribution >= 4 is 5.91 Å². The van der Waals surface area contributed by atoms with E-state index in [0.717, 1.165) is 31.5 Å². The van der Waals surface area contributed by atoms with E-state index in [1.54, 1.807) is 0 Å². The van der Waals surface area contributed by atoms with Gasteiger partial charge in [-0.1, -0.05) is 42.5 Å². The lowest BCUT2D eigenvalue weighted by Crippen LogP contribution is -2.27. The Bertz CT molecular complexity index is 451. The molecular formula is C14H15NO. The van der Waals surface area contributed by atoms with E-state index in [9.17, 15) is 4.79 Å². The minimum atomic E-state index is -0.144. The SMILES string of the molecule is C=C1C[C@]12CCN(Cc1ccccc1)C2=O. The zero-order valence-electron chi connectivity index (χ0n) is 9.28. The van der Waals surface area contributed by atoms with Crippen molar-refractivity contribution in [3.05, 3.63) is 48.0 Å². The Morgan fingerprint density at radius 3 is 2.56 bits per heavy atom. The van der Waals surface area contributed by atoms with Gasteiger partial charge >= 0.3 is 0 Å². The molecule has 0 radical (unpaired) electrons. The highest BCUT2D eigenvalue weighted by molar-refractivity contribution is 5.92. The van der Waals surface area contributed by atoms with E-state index < -0.39 is 0 Å². The van der Waals surface area contributed by atoms with Gasteiger partial charge in [-0.05, 0) is 18.4 Å². The van der Waals surface area contributed by atoms with Crippen LogP contribution in [-0.4, -0.2) is 17.4 Å². The van der Waals surface area contributed by atoms with E-state index >= 15 is 0 Å². The number of hydrogen-bond donors (Lipinski definition) is 0. The van der Waals surface area contributed by atoms with Crippen molar-refractivity contribution in [1.29, 1.82) is 0 Å². The van der Waals surface area contributed by atoms with Crippen molar-refractivity contribution in [3.8, 4) is 0 Å². The second-order valence-corrected chi connectivity index (χ2v) is 4.82. The van der Waals surface area contributed by atoms with Crippen LogP contribution in [0.4, 0.5) is 0 Å². The third-order valence-electron chi connectivity index (χ3n) is 3.79. The van der Waals surface area contributed by atoms with Gasteiger partial charge in [-0.3, -0.25) is 4.79 Å². The Hall–Kier alpha value is -1.57. The normalized spacial score (nSPS) is 27.9. The number of rotatable bonds is 2. The molecule has 3 rings (SSSR count). The highest BCUT2D eigenvalue weighted by Crippen LogP contribution is 2.57. The van der Waals surface area contributed by atoms with Crippen molar-refractivity contribution in [1.82, 2.24) is 4.90 Å². The average Bonchev–Trinajstić information content (AvgIpc) is 2.87. The molecule has 1 spiro atoms. The number of hydrogen-bond acceptors (Lipinski definition) is 1. The molecule has 2 fully saturated rings. The zero-order chi connectivity index (χ0) is 11.2. The third kappa shape index (κ3) is 1.29. The molecule has 82 valence electrons. The van der Waals surface area contributed by atoms with E-state index in [2.05, 4.69) is 18.7 Å². The van der Waals surface area contributed by atoms with Crippen LogP contribution in [0, 0.1) is 5.41 Å². The Kier molecular flexibility index (Phi) is 1.93. The summed E-state index contributed by atoms with van der Waals surface area (Å²) in [5.74, 6) is 0.293. The maximum atomic E-state index is 12.2. The first-order chi connectivity index (χ1) is 7.72. The Morgan fingerprint density at radius 2 is 2.00 bits per heavy atom. The molecule has 2 nitrogen and oxygen atoms in total. The van der Waals surface area contributed by atoms with Gasteiger partial charge in [0.25, 0.3) is 0 Å². The standard InChI is InChI=1S/C14H15NO/c1-11-9-14(11)7-8-15(13(14)16)10-12-5-3-2-4-6-12/h2-6H,1,7-10H2/t14-/m1/s1. The molecule has 16 heavy (non-hydrogen) atoms. The third-order valence-corrected chi connectivity index (χ3v) is 3.79. The Balaban J connectivity index is 1.74. The molecule has 1 aromatic rings. The fourth-order valence-corrected chi connectivity index (χ4v) is 2.60. The van der Waals surface area contributed by atoms with Crippen molar-refractivity contribution < 1.29 is 4.79 Å². The lowest BCUT2D eigenvalue weighted by molar-refractivity contribution is -0.132. The molecule has 1 atom stereocenters. The summed E-state index contributed by atoms with van der Waals surface area (Å²) < 4.78 is 0. The molecular weight excluding hydrogens is 198 g/mol. The molecule has 1 heterocycles. The van der Waals surface area contributed by atoms with E-state index in [-0.39, 0.29) is 5.41 Å². The predicted molar refractivity (Wildman–Crippen MR) is 62.7 cm³/mol. The smallest absolute Gasteiger partial charge is 0.233 e. The molecule has 0 aromatic heterocycles. The van der Waals surface area contributed by atoms with Crippen molar-refractivity contribution in [3.63, 3.8) is 0 Å². The van der Waals surface area contributed by atoms with Crippen molar-refractivity contribution in [2.75, 3.05) is 6.54 Å². The lowest BCUT2D eigenvalue weighted by atomic mass is 10.1. The van der Waals surface area contributed by atoms with Crippen LogP contribution in [0.1, 0.15) is 18.4 Å². The first-order valence-corrected chi connectivity index (χ1v) is 5.74. The summed E-state index contributed by atoms with van der Waals surface area (Å²) in [5.41, 5.74) is 2.20. The van der Waals surface area contributed by atoms with Crippen LogP contribution in [0.15, 0.2) is 42.5 Å². The van der Waals surface area contributed by atoms with E-state index in [0.29, 0.717) is 5.91 Å². The summed E-state index contributed by atoms with van der Waals surface area (Å²) in [6, 6.07) is 10.2. The van der Waals surface area contributed by atoms with E-state index in [1.807, 2.05) is 23.1 Å². The molecule has 0 N–H and O–H groups in total. The number of carbonyl (C=O) groups excluding carboxylic acids is 1. The van der Waals surface area contributed by atoms with Crippen LogP contribution >= 0.6 is 0 Å². The predicted octanol–water partition coefficient (Wildman–Crippen LogP) is 2.37. The van der Waals surface area contributed by atoms with Gasteiger partial charge in [0.05, 0.1) is 5.41 Å². The van der Waals surface area contributed by atoms with Gasteiger partial charge in [0.1, 0.15) is 0 Å². The van der Waals surface area contributed by atoms with Crippen LogP contribution in [0.3, 0.4) is 0 Å². The van der Waals surface area contributed by atoms with Gasteiger partial charge in [-0.15, -0.1) is 0 Å². The van der Waals surface area contributed by atoms with Crippen LogP contribution in [0.5, 0.6) is 0 Å². The topological polar surface area (TPSA) is 20.3 Å². The lowest BCUT2D eigenvalue weighted by Gasteiger charge is -2.16. The second-order valence-electron chi connectivity index (χ2n) is 4.82. The molecule has 0 unspecified atom stereocenters. The summed E-state index contributed by atoms with van der Waals surface area (Å²) in [5, 5.41) is 0.